The second kappa shape index (κ2) is 14.7. The molecule has 0 atom stereocenters. The Labute approximate surface area is 357 Å². The zero-order valence-corrected chi connectivity index (χ0v) is 33.5. The number of fused-ring (bicyclic) bond motifs is 6. The number of hydrogen-bond donors (Lipinski definition) is 0. The van der Waals surface area contributed by atoms with Crippen LogP contribution in [-0.4, -0.2) is 19.5 Å². The Balaban J connectivity index is 0.989. The van der Waals surface area contributed by atoms with Crippen LogP contribution < -0.4 is 0 Å². The summed E-state index contributed by atoms with van der Waals surface area (Å²) in [6.45, 7) is 0. The quantitative estimate of drug-likeness (QED) is 0.161. The minimum absolute atomic E-state index is 0.591. The van der Waals surface area contributed by atoms with Gasteiger partial charge in [0.2, 0.25) is 0 Å². The molecule has 0 unspecified atom stereocenters. The molecule has 12 aromatic rings. The molecule has 0 aliphatic heterocycles. The lowest BCUT2D eigenvalue weighted by Crippen LogP contribution is -2.00. The second-order valence-corrected chi connectivity index (χ2v) is 15.6. The van der Waals surface area contributed by atoms with Crippen molar-refractivity contribution in [1.29, 1.82) is 0 Å². The summed E-state index contributed by atoms with van der Waals surface area (Å²) in [6, 6.07) is 76.4. The summed E-state index contributed by atoms with van der Waals surface area (Å²) < 4.78 is 8.80. The molecular formula is C57H36N4O. The van der Waals surface area contributed by atoms with Gasteiger partial charge in [-0.25, -0.2) is 15.0 Å². The molecule has 5 nitrogen and oxygen atoms in total. The summed E-state index contributed by atoms with van der Waals surface area (Å²) in [5.41, 5.74) is 14.6. The van der Waals surface area contributed by atoms with Crippen molar-refractivity contribution in [2.45, 2.75) is 0 Å². The smallest absolute Gasteiger partial charge is 0.164 e. The van der Waals surface area contributed by atoms with Gasteiger partial charge in [-0.1, -0.05) is 146 Å². The van der Waals surface area contributed by atoms with Crippen LogP contribution in [0.4, 0.5) is 0 Å². The zero-order chi connectivity index (χ0) is 41.0. The van der Waals surface area contributed by atoms with Crippen LogP contribution in [0.1, 0.15) is 0 Å². The van der Waals surface area contributed by atoms with Crippen molar-refractivity contribution in [3.63, 3.8) is 0 Å². The Bertz CT molecular complexity index is 3530. The fourth-order valence-electron chi connectivity index (χ4n) is 8.80. The third kappa shape index (κ3) is 6.23. The van der Waals surface area contributed by atoms with E-state index in [1.807, 2.05) is 24.3 Å². The van der Waals surface area contributed by atoms with Crippen molar-refractivity contribution >= 4 is 43.7 Å². The summed E-state index contributed by atoms with van der Waals surface area (Å²) in [4.78, 5) is 15.5. The number of benzene rings is 9. The van der Waals surface area contributed by atoms with Gasteiger partial charge in [0.25, 0.3) is 0 Å². The molecule has 0 saturated carbocycles. The minimum Gasteiger partial charge on any atom is -0.456 e. The highest BCUT2D eigenvalue weighted by atomic mass is 16.3. The lowest BCUT2D eigenvalue weighted by atomic mass is 10.00. The average Bonchev–Trinajstić information content (AvgIpc) is 3.89. The normalized spacial score (nSPS) is 11.5. The van der Waals surface area contributed by atoms with Gasteiger partial charge in [-0.05, 0) is 106 Å². The Morgan fingerprint density at radius 2 is 0.677 bits per heavy atom. The predicted molar refractivity (Wildman–Crippen MR) is 254 cm³/mol. The first-order valence-electron chi connectivity index (χ1n) is 20.8. The molecule has 62 heavy (non-hydrogen) atoms. The lowest BCUT2D eigenvalue weighted by molar-refractivity contribution is 0.669. The van der Waals surface area contributed by atoms with Crippen LogP contribution in [0.5, 0.6) is 0 Å². The van der Waals surface area contributed by atoms with Gasteiger partial charge in [0.05, 0.1) is 11.0 Å². The number of furan rings is 1. The van der Waals surface area contributed by atoms with E-state index in [9.17, 15) is 0 Å². The van der Waals surface area contributed by atoms with Gasteiger partial charge >= 0.3 is 0 Å². The maximum absolute atomic E-state index is 6.45. The SMILES string of the molecule is c1ccc(-c2cccc(-c3nc(-c4cccc(-c5ccccc5)c4)nc(-c4ccc5oc6ccc(-c7ccc8c(c7)c7ccccc7n8-c7ccccc7)cc6c5c4)n3)c2)cc1. The largest absolute Gasteiger partial charge is 0.456 e. The monoisotopic (exact) mass is 792 g/mol. The van der Waals surface area contributed by atoms with E-state index in [2.05, 4.69) is 199 Å². The molecule has 0 radical (unpaired) electrons. The molecule has 0 N–H and O–H groups in total. The highest BCUT2D eigenvalue weighted by molar-refractivity contribution is 6.11. The van der Waals surface area contributed by atoms with Crippen LogP contribution >= 0.6 is 0 Å². The van der Waals surface area contributed by atoms with Crippen LogP contribution in [0.3, 0.4) is 0 Å². The van der Waals surface area contributed by atoms with Gasteiger partial charge in [0.1, 0.15) is 11.2 Å². The lowest BCUT2D eigenvalue weighted by Gasteiger charge is -2.11. The Hall–Kier alpha value is -8.41. The third-order valence-electron chi connectivity index (χ3n) is 11.8. The molecule has 12 rings (SSSR count). The summed E-state index contributed by atoms with van der Waals surface area (Å²) in [5.74, 6) is 1.81. The summed E-state index contributed by atoms with van der Waals surface area (Å²) in [6.07, 6.45) is 0. The molecule has 0 bridgehead atoms. The highest BCUT2D eigenvalue weighted by Crippen LogP contribution is 2.39. The van der Waals surface area contributed by atoms with Crippen molar-refractivity contribution in [3.8, 4) is 73.2 Å². The van der Waals surface area contributed by atoms with Crippen molar-refractivity contribution in [2.24, 2.45) is 0 Å². The van der Waals surface area contributed by atoms with Gasteiger partial charge in [-0.15, -0.1) is 0 Å². The zero-order valence-electron chi connectivity index (χ0n) is 33.5. The van der Waals surface area contributed by atoms with Crippen LogP contribution in [0.15, 0.2) is 223 Å². The standard InChI is InChI=1S/C57H36N4O/c1-4-14-37(15-5-1)39-18-12-20-43(32-39)55-58-56(44-21-13-19-40(33-44)38-16-6-2-7-17-38)60-57(59-55)45-28-31-54-50(36-45)49-35-42(27-30-53(49)62-54)41-26-29-52-48(34-41)47-24-10-11-25-51(47)61(52)46-22-8-3-9-23-46/h1-36H. The maximum Gasteiger partial charge on any atom is 0.164 e. The number of rotatable bonds is 7. The van der Waals surface area contributed by atoms with Gasteiger partial charge in [0.15, 0.2) is 17.5 Å². The van der Waals surface area contributed by atoms with E-state index < -0.39 is 0 Å². The summed E-state index contributed by atoms with van der Waals surface area (Å²) in [5, 5.41) is 4.47. The molecule has 0 amide bonds. The van der Waals surface area contributed by atoms with E-state index in [1.165, 1.54) is 21.8 Å². The first kappa shape index (κ1) is 35.5. The fraction of sp³-hybridized carbons (Fsp3) is 0. The van der Waals surface area contributed by atoms with E-state index in [1.54, 1.807) is 0 Å². The maximum atomic E-state index is 6.45. The molecule has 0 aliphatic rings. The molecule has 0 fully saturated rings. The van der Waals surface area contributed by atoms with Crippen molar-refractivity contribution in [2.75, 3.05) is 0 Å². The molecule has 5 heteroatoms. The minimum atomic E-state index is 0.591. The number of aromatic nitrogens is 4. The summed E-state index contributed by atoms with van der Waals surface area (Å²) in [7, 11) is 0. The molecule has 0 spiro atoms. The summed E-state index contributed by atoms with van der Waals surface area (Å²) >= 11 is 0. The van der Waals surface area contributed by atoms with Gasteiger partial charge in [-0.2, -0.15) is 0 Å². The van der Waals surface area contributed by atoms with E-state index in [4.69, 9.17) is 19.4 Å². The number of hydrogen-bond acceptors (Lipinski definition) is 4. The number of para-hydroxylation sites is 2. The Morgan fingerprint density at radius 3 is 1.27 bits per heavy atom. The second-order valence-electron chi connectivity index (χ2n) is 15.6. The third-order valence-corrected chi connectivity index (χ3v) is 11.8. The Morgan fingerprint density at radius 1 is 0.274 bits per heavy atom. The molecule has 290 valence electrons. The molecular weight excluding hydrogens is 757 g/mol. The molecule has 3 aromatic heterocycles. The van der Waals surface area contributed by atoms with Crippen molar-refractivity contribution < 1.29 is 4.42 Å². The van der Waals surface area contributed by atoms with Crippen LogP contribution in [-0.2, 0) is 0 Å². The first-order valence-corrected chi connectivity index (χ1v) is 20.8. The van der Waals surface area contributed by atoms with E-state index >= 15 is 0 Å². The first-order chi connectivity index (χ1) is 30.7. The van der Waals surface area contributed by atoms with Crippen LogP contribution in [0, 0.1) is 0 Å². The van der Waals surface area contributed by atoms with Gasteiger partial charge < -0.3 is 8.98 Å². The van der Waals surface area contributed by atoms with E-state index in [0.717, 1.165) is 77.7 Å². The van der Waals surface area contributed by atoms with E-state index in [0.29, 0.717) is 17.5 Å². The van der Waals surface area contributed by atoms with Crippen LogP contribution in [0.2, 0.25) is 0 Å². The molecule has 0 aliphatic carbocycles. The fourth-order valence-corrected chi connectivity index (χ4v) is 8.80. The van der Waals surface area contributed by atoms with Crippen LogP contribution in [0.25, 0.3) is 117 Å². The van der Waals surface area contributed by atoms with Gasteiger partial charge in [0, 0.05) is 43.9 Å². The molecule has 3 heterocycles. The van der Waals surface area contributed by atoms with Crippen molar-refractivity contribution in [3.05, 3.63) is 218 Å². The number of nitrogens with zero attached hydrogens (tertiary/aromatic N) is 4. The van der Waals surface area contributed by atoms with Gasteiger partial charge in [-0.3, -0.25) is 0 Å². The van der Waals surface area contributed by atoms with Crippen molar-refractivity contribution in [1.82, 2.24) is 19.5 Å². The van der Waals surface area contributed by atoms with E-state index in [-0.39, 0.29) is 0 Å². The Kier molecular flexibility index (Phi) is 8.42. The predicted octanol–water partition coefficient (Wildman–Crippen LogP) is 14.9. The molecule has 9 aromatic carbocycles. The average molecular weight is 793 g/mol. The highest BCUT2D eigenvalue weighted by Gasteiger charge is 2.18. The topological polar surface area (TPSA) is 56.7 Å². The molecule has 0 saturated heterocycles.